The van der Waals surface area contributed by atoms with E-state index in [1.807, 2.05) is 35.0 Å². The summed E-state index contributed by atoms with van der Waals surface area (Å²) in [6, 6.07) is 9.93. The maximum atomic E-state index is 11.7. The van der Waals surface area contributed by atoms with Crippen LogP contribution in [0.3, 0.4) is 0 Å². The first-order chi connectivity index (χ1) is 9.76. The number of nitrogens with one attached hydrogen (secondary N) is 2. The summed E-state index contributed by atoms with van der Waals surface area (Å²) in [5.41, 5.74) is 2.21. The summed E-state index contributed by atoms with van der Waals surface area (Å²) in [6.07, 6.45) is 2.00. The molecule has 0 atom stereocenters. The molecule has 0 radical (unpaired) electrons. The minimum atomic E-state index is -0.151. The van der Waals surface area contributed by atoms with Gasteiger partial charge in [0.1, 0.15) is 13.1 Å². The Morgan fingerprint density at radius 1 is 1.40 bits per heavy atom. The van der Waals surface area contributed by atoms with E-state index >= 15 is 0 Å². The lowest BCUT2D eigenvalue weighted by molar-refractivity contribution is -0.121. The van der Waals surface area contributed by atoms with E-state index in [2.05, 4.69) is 23.6 Å². The standard InChI is InChI=1S/C15H18N4O/c1-2-17-9-12-10-19(11-15(20)18-8-7-16)14-6-4-3-5-13(12)14/h3-6,10,17H,2,8-9,11H2,1H3,(H,18,20). The van der Waals surface area contributed by atoms with Crippen LogP contribution in [-0.4, -0.2) is 23.6 Å². The zero-order chi connectivity index (χ0) is 14.4. The number of hydrogen-bond acceptors (Lipinski definition) is 3. The molecule has 0 bridgehead atoms. The van der Waals surface area contributed by atoms with Crippen molar-refractivity contribution in [2.75, 3.05) is 13.1 Å². The zero-order valence-electron chi connectivity index (χ0n) is 11.5. The number of fused-ring (bicyclic) bond motifs is 1. The predicted octanol–water partition coefficient (Wildman–Crippen LogP) is 1.39. The van der Waals surface area contributed by atoms with Gasteiger partial charge in [0.2, 0.25) is 5.91 Å². The highest BCUT2D eigenvalue weighted by Gasteiger charge is 2.10. The van der Waals surface area contributed by atoms with Crippen molar-refractivity contribution in [3.05, 3.63) is 36.0 Å². The molecule has 20 heavy (non-hydrogen) atoms. The third kappa shape index (κ3) is 3.16. The van der Waals surface area contributed by atoms with Crippen LogP contribution in [0.25, 0.3) is 10.9 Å². The van der Waals surface area contributed by atoms with Crippen molar-refractivity contribution >= 4 is 16.8 Å². The Balaban J connectivity index is 2.24. The van der Waals surface area contributed by atoms with Gasteiger partial charge in [0.15, 0.2) is 0 Å². The van der Waals surface area contributed by atoms with E-state index in [1.165, 1.54) is 5.56 Å². The Bertz CT molecular complexity index is 639. The van der Waals surface area contributed by atoms with Crippen LogP contribution in [0.4, 0.5) is 0 Å². The number of carbonyl (C=O) groups excluding carboxylic acids is 1. The van der Waals surface area contributed by atoms with E-state index in [0.717, 1.165) is 24.0 Å². The first kappa shape index (κ1) is 14.1. The van der Waals surface area contributed by atoms with E-state index in [9.17, 15) is 4.79 Å². The Morgan fingerprint density at radius 2 is 2.20 bits per heavy atom. The molecule has 5 heteroatoms. The van der Waals surface area contributed by atoms with E-state index in [1.54, 1.807) is 0 Å². The number of aromatic nitrogens is 1. The number of nitriles is 1. The third-order valence-corrected chi connectivity index (χ3v) is 3.12. The second-order valence-corrected chi connectivity index (χ2v) is 4.51. The van der Waals surface area contributed by atoms with Gasteiger partial charge in [0, 0.05) is 23.6 Å². The first-order valence-electron chi connectivity index (χ1n) is 6.67. The maximum absolute atomic E-state index is 11.7. The number of amides is 1. The number of hydrogen-bond donors (Lipinski definition) is 2. The van der Waals surface area contributed by atoms with Gasteiger partial charge in [-0.1, -0.05) is 25.1 Å². The summed E-state index contributed by atoms with van der Waals surface area (Å²) < 4.78 is 1.93. The molecule has 0 aliphatic rings. The molecule has 0 aliphatic heterocycles. The summed E-state index contributed by atoms with van der Waals surface area (Å²) >= 11 is 0. The molecule has 0 unspecified atom stereocenters. The minimum Gasteiger partial charge on any atom is -0.341 e. The largest absolute Gasteiger partial charge is 0.341 e. The molecular formula is C15H18N4O. The molecule has 104 valence electrons. The number of benzene rings is 1. The number of nitrogens with zero attached hydrogens (tertiary/aromatic N) is 2. The normalized spacial score (nSPS) is 10.4. The Morgan fingerprint density at radius 3 is 2.95 bits per heavy atom. The summed E-state index contributed by atoms with van der Waals surface area (Å²) in [6.45, 7) is 4.02. The number of rotatable bonds is 6. The van der Waals surface area contributed by atoms with Gasteiger partial charge in [-0.15, -0.1) is 0 Å². The third-order valence-electron chi connectivity index (χ3n) is 3.12. The van der Waals surface area contributed by atoms with E-state index in [-0.39, 0.29) is 19.0 Å². The summed E-state index contributed by atoms with van der Waals surface area (Å²) in [5.74, 6) is -0.151. The molecular weight excluding hydrogens is 252 g/mol. The summed E-state index contributed by atoms with van der Waals surface area (Å²) in [4.78, 5) is 11.7. The highest BCUT2D eigenvalue weighted by molar-refractivity contribution is 5.86. The molecule has 0 spiro atoms. The fourth-order valence-corrected chi connectivity index (χ4v) is 2.20. The molecule has 0 fully saturated rings. The molecule has 2 N–H and O–H groups in total. The van der Waals surface area contributed by atoms with Crippen molar-refractivity contribution < 1.29 is 4.79 Å². The van der Waals surface area contributed by atoms with Crippen LogP contribution >= 0.6 is 0 Å². The highest BCUT2D eigenvalue weighted by atomic mass is 16.1. The molecule has 1 aromatic heterocycles. The molecule has 1 heterocycles. The lowest BCUT2D eigenvalue weighted by Crippen LogP contribution is -2.27. The van der Waals surface area contributed by atoms with Gasteiger partial charge in [0.25, 0.3) is 0 Å². The predicted molar refractivity (Wildman–Crippen MR) is 77.9 cm³/mol. The quantitative estimate of drug-likeness (QED) is 0.779. The maximum Gasteiger partial charge on any atom is 0.240 e. The summed E-state index contributed by atoms with van der Waals surface area (Å²) in [5, 5.41) is 15.5. The van der Waals surface area contributed by atoms with E-state index in [0.29, 0.717) is 0 Å². The molecule has 5 nitrogen and oxygen atoms in total. The van der Waals surface area contributed by atoms with Crippen LogP contribution in [0.15, 0.2) is 30.5 Å². The average Bonchev–Trinajstić information content (AvgIpc) is 2.81. The topological polar surface area (TPSA) is 69.8 Å². The van der Waals surface area contributed by atoms with Gasteiger partial charge in [-0.25, -0.2) is 0 Å². The van der Waals surface area contributed by atoms with Crippen molar-refractivity contribution in [1.82, 2.24) is 15.2 Å². The Kier molecular flexibility index (Phi) is 4.75. The van der Waals surface area contributed by atoms with Gasteiger partial charge in [-0.05, 0) is 18.2 Å². The molecule has 0 saturated carbocycles. The first-order valence-corrected chi connectivity index (χ1v) is 6.67. The van der Waals surface area contributed by atoms with Crippen LogP contribution in [0.2, 0.25) is 0 Å². The highest BCUT2D eigenvalue weighted by Crippen LogP contribution is 2.21. The van der Waals surface area contributed by atoms with Crippen LogP contribution in [-0.2, 0) is 17.9 Å². The SMILES string of the molecule is CCNCc1cn(CC(=O)NCC#N)c2ccccc12. The average molecular weight is 270 g/mol. The van der Waals surface area contributed by atoms with Crippen molar-refractivity contribution in [2.24, 2.45) is 0 Å². The van der Waals surface area contributed by atoms with Crippen molar-refractivity contribution in [3.8, 4) is 6.07 Å². The molecule has 1 amide bonds. The van der Waals surface area contributed by atoms with Crippen LogP contribution in [0.5, 0.6) is 0 Å². The molecule has 2 aromatic rings. The minimum absolute atomic E-state index is 0.0439. The lowest BCUT2D eigenvalue weighted by Gasteiger charge is -2.04. The van der Waals surface area contributed by atoms with Crippen LogP contribution in [0, 0.1) is 11.3 Å². The second kappa shape index (κ2) is 6.73. The van der Waals surface area contributed by atoms with Gasteiger partial charge < -0.3 is 15.2 Å². The van der Waals surface area contributed by atoms with E-state index < -0.39 is 0 Å². The molecule has 0 aliphatic carbocycles. The molecule has 0 saturated heterocycles. The van der Waals surface area contributed by atoms with Gasteiger partial charge >= 0.3 is 0 Å². The van der Waals surface area contributed by atoms with Crippen molar-refractivity contribution in [3.63, 3.8) is 0 Å². The lowest BCUT2D eigenvalue weighted by atomic mass is 10.2. The molecule has 1 aromatic carbocycles. The monoisotopic (exact) mass is 270 g/mol. The van der Waals surface area contributed by atoms with Gasteiger partial charge in [-0.2, -0.15) is 5.26 Å². The second-order valence-electron chi connectivity index (χ2n) is 4.51. The number of carbonyl (C=O) groups is 1. The Labute approximate surface area is 118 Å². The Hall–Kier alpha value is -2.32. The smallest absolute Gasteiger partial charge is 0.240 e. The number of para-hydroxylation sites is 1. The fourth-order valence-electron chi connectivity index (χ4n) is 2.20. The van der Waals surface area contributed by atoms with Gasteiger partial charge in [0.05, 0.1) is 6.07 Å². The van der Waals surface area contributed by atoms with Crippen molar-refractivity contribution in [2.45, 2.75) is 20.0 Å². The van der Waals surface area contributed by atoms with Crippen LogP contribution < -0.4 is 10.6 Å². The fraction of sp³-hybridized carbons (Fsp3) is 0.333. The van der Waals surface area contributed by atoms with E-state index in [4.69, 9.17) is 5.26 Å². The zero-order valence-corrected chi connectivity index (χ0v) is 11.5. The van der Waals surface area contributed by atoms with Crippen molar-refractivity contribution in [1.29, 1.82) is 5.26 Å². The van der Waals surface area contributed by atoms with Gasteiger partial charge in [-0.3, -0.25) is 4.79 Å². The van der Waals surface area contributed by atoms with Crippen LogP contribution in [0.1, 0.15) is 12.5 Å². The summed E-state index contributed by atoms with van der Waals surface area (Å²) in [7, 11) is 0. The molecule has 2 rings (SSSR count).